The van der Waals surface area contributed by atoms with Crippen LogP contribution in [0.4, 0.5) is 0 Å². The lowest BCUT2D eigenvalue weighted by molar-refractivity contribution is 0.172. The Morgan fingerprint density at radius 2 is 0.613 bits per heavy atom. The second-order valence-corrected chi connectivity index (χ2v) is 36.5. The highest BCUT2D eigenvalue weighted by molar-refractivity contribution is 5.88. The van der Waals surface area contributed by atoms with Crippen LogP contribution < -0.4 is 24.3 Å². The molecule has 0 amide bonds. The van der Waals surface area contributed by atoms with E-state index in [0.717, 1.165) is 280 Å². The summed E-state index contributed by atoms with van der Waals surface area (Å²) >= 11 is 0. The van der Waals surface area contributed by atoms with Crippen molar-refractivity contribution >= 4 is 81.1 Å². The molecule has 4 aromatic carbocycles. The zero-order valence-corrected chi connectivity index (χ0v) is 76.0. The SMILES string of the molecule is CN(C)Cc1c(OCC2CC2)ccc2c(CCC3CCN(CCn4cccn4)CC3)noc12.CN(C)Cc1c(OCC2CC2)ccc2c(CCC3CCN(CCn4cccn4)CC3)noc12.Cl.Cl.Cl.OCc1c(OCC2CC2)ccc2c(CCC3CCN(CCn4cccn4)CC3)noc12.OCc1c(OCC2CC2)ccc2c(CCC3CCNCC3)noc12. The third kappa shape index (κ3) is 26.7. The largest absolute Gasteiger partial charge is 0.493 e. The molecular formula is C95H135Cl3N16O10. The van der Waals surface area contributed by atoms with Gasteiger partial charge in [-0.25, -0.2) is 0 Å². The number of fused-ring (bicyclic) bond motifs is 4. The van der Waals surface area contributed by atoms with Crippen LogP contribution in [-0.2, 0) is 71.6 Å². The van der Waals surface area contributed by atoms with Gasteiger partial charge < -0.3 is 77.1 Å². The molecule has 0 radical (unpaired) electrons. The van der Waals surface area contributed by atoms with E-state index in [9.17, 15) is 10.2 Å². The Hall–Kier alpha value is -7.86. The molecule has 8 fully saturated rings. The first-order valence-electron chi connectivity index (χ1n) is 45.9. The van der Waals surface area contributed by atoms with E-state index in [1.807, 2.05) is 93.7 Å². The Kier molecular flexibility index (Phi) is 35.3. The van der Waals surface area contributed by atoms with Crippen LogP contribution in [0.2, 0.25) is 0 Å². The molecule has 3 N–H and O–H groups in total. The summed E-state index contributed by atoms with van der Waals surface area (Å²) < 4.78 is 53.2. The summed E-state index contributed by atoms with van der Waals surface area (Å²) in [5.41, 5.74) is 11.1. The molecule has 0 atom stereocenters. The first kappa shape index (κ1) is 93.8. The Morgan fingerprint density at radius 1 is 0.347 bits per heavy atom. The number of nitrogens with zero attached hydrogens (tertiary/aromatic N) is 15. The molecule has 4 aliphatic heterocycles. The number of benzene rings is 4. The van der Waals surface area contributed by atoms with Gasteiger partial charge in [0.25, 0.3) is 0 Å². The summed E-state index contributed by atoms with van der Waals surface area (Å²) in [5.74, 6) is 9.21. The summed E-state index contributed by atoms with van der Waals surface area (Å²) in [4.78, 5) is 12.0. The van der Waals surface area contributed by atoms with Gasteiger partial charge in [-0.05, 0) is 349 Å². The van der Waals surface area contributed by atoms with E-state index in [1.54, 1.807) is 0 Å². The van der Waals surface area contributed by atoms with Crippen molar-refractivity contribution in [1.29, 1.82) is 0 Å². The molecule has 4 aliphatic carbocycles. The van der Waals surface area contributed by atoms with E-state index in [-0.39, 0.29) is 50.4 Å². The predicted molar refractivity (Wildman–Crippen MR) is 490 cm³/mol. The Morgan fingerprint density at radius 3 is 0.863 bits per heavy atom. The second-order valence-electron chi connectivity index (χ2n) is 36.5. The average Bonchev–Trinajstić information content (AvgIpc) is 2.06. The number of aromatic nitrogens is 10. The molecule has 4 saturated carbocycles. The lowest BCUT2D eigenvalue weighted by Crippen LogP contribution is -2.36. The third-order valence-electron chi connectivity index (χ3n) is 26.4. The van der Waals surface area contributed by atoms with E-state index in [0.29, 0.717) is 23.0 Å². The number of hydrogen-bond acceptors (Lipinski definition) is 23. The topological polar surface area (TPSA) is 263 Å². The fraction of sp³-hybridized carbons (Fsp3) is 0.611. The Labute approximate surface area is 749 Å². The summed E-state index contributed by atoms with van der Waals surface area (Å²) in [5, 5.41) is 57.9. The van der Waals surface area contributed by atoms with Crippen LogP contribution in [0.3, 0.4) is 0 Å². The monoisotopic (exact) mass is 1760 g/mol. The van der Waals surface area contributed by atoms with Gasteiger partial charge in [-0.15, -0.1) is 37.2 Å². The van der Waals surface area contributed by atoms with Crippen LogP contribution >= 0.6 is 37.2 Å². The van der Waals surface area contributed by atoms with Gasteiger partial charge in [0.1, 0.15) is 23.0 Å². The smallest absolute Gasteiger partial charge is 0.176 e. The van der Waals surface area contributed by atoms with Gasteiger partial charge in [-0.3, -0.25) is 14.0 Å². The van der Waals surface area contributed by atoms with Crippen LogP contribution in [0.5, 0.6) is 23.0 Å². The molecule has 0 spiro atoms. The quantitative estimate of drug-likeness (QED) is 0.0323. The minimum absolute atomic E-state index is 0. The number of likely N-dealkylation sites (tertiary alicyclic amines) is 3. The number of rotatable bonds is 39. The Bertz CT molecular complexity index is 4770. The number of aryl methyl sites for hydroxylation is 4. The zero-order chi connectivity index (χ0) is 82.6. The number of halogens is 3. The zero-order valence-electron chi connectivity index (χ0n) is 73.6. The lowest BCUT2D eigenvalue weighted by atomic mass is 9.91. The molecule has 4 saturated heterocycles. The lowest BCUT2D eigenvalue weighted by Gasteiger charge is -2.31. The van der Waals surface area contributed by atoms with Gasteiger partial charge in [0, 0.05) is 91.4 Å². The molecule has 11 heterocycles. The molecule has 676 valence electrons. The minimum Gasteiger partial charge on any atom is -0.493 e. The standard InChI is InChI=1S/2C26H37N5O2.C24H32N4O3.C19H26N2O3.3ClH/c2*1-29(2)18-23-25(32-19-21-4-5-21)9-7-22-24(28-33-26(22)23)8-6-20-10-14-30(15-11-20)16-17-31-13-3-12-27-31;29-16-21-23(30-17-19-2-3-19)7-5-20-22(26-31-24(20)21)6-4-18-8-12-27(13-9-18)14-15-28-11-1-10-25-28;22-11-16-18(23-12-14-1-2-14)6-4-15-17(21-24-19(15)16)5-3-13-7-9-20-10-8-13;;;/h2*3,7,9,12-13,20-21H,4-6,8,10-11,14-19H2,1-2H3;1,5,7,10-11,18-19,29H,2-4,6,8-9,12-17H2;4,6,13-14,20,22H,1-3,5,7-12H2;3*1H. The molecule has 7 aromatic heterocycles. The molecule has 26 nitrogen and oxygen atoms in total. The fourth-order valence-corrected chi connectivity index (χ4v) is 17.9. The predicted octanol–water partition coefficient (Wildman–Crippen LogP) is 16.4. The van der Waals surface area contributed by atoms with Crippen LogP contribution in [-0.4, -0.2) is 211 Å². The molecule has 19 rings (SSSR count). The first-order valence-corrected chi connectivity index (χ1v) is 45.9. The van der Waals surface area contributed by atoms with E-state index in [4.69, 9.17) is 37.0 Å². The number of hydrogen-bond donors (Lipinski definition) is 3. The van der Waals surface area contributed by atoms with Crippen LogP contribution in [0.25, 0.3) is 43.9 Å². The van der Waals surface area contributed by atoms with E-state index < -0.39 is 0 Å². The van der Waals surface area contributed by atoms with E-state index in [2.05, 4.69) is 118 Å². The van der Waals surface area contributed by atoms with Crippen molar-refractivity contribution in [3.8, 4) is 23.0 Å². The van der Waals surface area contributed by atoms with Crippen molar-refractivity contribution in [1.82, 2.24) is 79.8 Å². The first-order chi connectivity index (χ1) is 59.5. The molecule has 0 bridgehead atoms. The summed E-state index contributed by atoms with van der Waals surface area (Å²) in [6.45, 7) is 19.9. The van der Waals surface area contributed by atoms with Crippen LogP contribution in [0.15, 0.2) is 122 Å². The van der Waals surface area contributed by atoms with Gasteiger partial charge in [-0.1, -0.05) is 20.6 Å². The third-order valence-corrected chi connectivity index (χ3v) is 26.4. The number of piperidine rings is 4. The van der Waals surface area contributed by atoms with Crippen molar-refractivity contribution in [3.63, 3.8) is 0 Å². The van der Waals surface area contributed by atoms with Crippen molar-refractivity contribution in [2.75, 3.05) is 127 Å². The van der Waals surface area contributed by atoms with Crippen molar-refractivity contribution in [2.24, 2.45) is 47.3 Å². The number of aliphatic hydroxyl groups is 2. The highest BCUT2D eigenvalue weighted by atomic mass is 35.5. The minimum atomic E-state index is -0.0943. The fourth-order valence-electron chi connectivity index (χ4n) is 17.9. The maximum atomic E-state index is 9.89. The molecule has 29 heteroatoms. The second kappa shape index (κ2) is 46.7. The summed E-state index contributed by atoms with van der Waals surface area (Å²) in [7, 11) is 8.34. The van der Waals surface area contributed by atoms with Gasteiger partial charge in [0.05, 0.1) is 104 Å². The van der Waals surface area contributed by atoms with Gasteiger partial charge in [-0.2, -0.15) is 15.3 Å². The van der Waals surface area contributed by atoms with E-state index in [1.165, 1.54) is 142 Å². The molecule has 0 unspecified atom stereocenters. The van der Waals surface area contributed by atoms with Gasteiger partial charge in [0.2, 0.25) is 0 Å². The molecule has 8 aliphatic rings. The van der Waals surface area contributed by atoms with Crippen molar-refractivity contribution in [3.05, 3.63) is 149 Å². The number of aliphatic hydroxyl groups excluding tert-OH is 2. The van der Waals surface area contributed by atoms with Crippen LogP contribution in [0.1, 0.15) is 173 Å². The summed E-state index contributed by atoms with van der Waals surface area (Å²) in [6, 6.07) is 22.5. The molecule has 124 heavy (non-hydrogen) atoms. The van der Waals surface area contributed by atoms with Crippen molar-refractivity contribution in [2.45, 2.75) is 200 Å². The number of ether oxygens (including phenoxy) is 4. The van der Waals surface area contributed by atoms with E-state index >= 15 is 0 Å². The maximum Gasteiger partial charge on any atom is 0.176 e. The summed E-state index contributed by atoms with van der Waals surface area (Å²) in [6.07, 6.45) is 40.3. The van der Waals surface area contributed by atoms with Crippen molar-refractivity contribution < 1.29 is 47.3 Å². The van der Waals surface area contributed by atoms with Gasteiger partial charge >= 0.3 is 0 Å². The highest BCUT2D eigenvalue weighted by Gasteiger charge is 2.31. The Balaban J connectivity index is 0.000000142. The molecule has 11 aromatic rings. The van der Waals surface area contributed by atoms with Gasteiger partial charge in [0.15, 0.2) is 22.3 Å². The average molecular weight is 1770 g/mol. The van der Waals surface area contributed by atoms with Crippen LogP contribution in [0, 0.1) is 47.3 Å². The normalized spacial score (nSPS) is 17.7. The molecular weight excluding hydrogens is 1630 g/mol. The maximum absolute atomic E-state index is 9.89. The number of nitrogens with one attached hydrogen (secondary N) is 1. The highest BCUT2D eigenvalue weighted by Crippen LogP contribution is 2.41.